The second-order valence-electron chi connectivity index (χ2n) is 6.75. The van der Waals surface area contributed by atoms with E-state index >= 15 is 0 Å². The number of nitrogens with zero attached hydrogens (tertiary/aromatic N) is 3. The molecule has 0 fully saturated rings. The molecular formula is C19H23N3O2S. The average molecular weight is 357 g/mol. The highest BCUT2D eigenvalue weighted by atomic mass is 32.1. The first-order valence-electron chi connectivity index (χ1n) is 8.36. The summed E-state index contributed by atoms with van der Waals surface area (Å²) in [6, 6.07) is 14.0. The van der Waals surface area contributed by atoms with Crippen molar-refractivity contribution >= 4 is 28.8 Å². The van der Waals surface area contributed by atoms with Crippen molar-refractivity contribution in [3.63, 3.8) is 0 Å². The monoisotopic (exact) mass is 357 g/mol. The van der Waals surface area contributed by atoms with E-state index < -0.39 is 5.97 Å². The number of ether oxygens (including phenoxy) is 1. The van der Waals surface area contributed by atoms with Gasteiger partial charge in [0.25, 0.3) is 0 Å². The summed E-state index contributed by atoms with van der Waals surface area (Å²) < 4.78 is 5.27. The van der Waals surface area contributed by atoms with Gasteiger partial charge in [0, 0.05) is 10.4 Å². The Balaban J connectivity index is 2.12. The largest absolute Gasteiger partial charge is 0.460 e. The molecule has 2 heterocycles. The summed E-state index contributed by atoms with van der Waals surface area (Å²) in [5.74, 6) is -0.0472. The number of para-hydroxylation sites is 1. The molecule has 0 radical (unpaired) electrons. The van der Waals surface area contributed by atoms with Crippen LogP contribution in [-0.4, -0.2) is 28.9 Å². The van der Waals surface area contributed by atoms with Gasteiger partial charge in [0.15, 0.2) is 6.17 Å². The summed E-state index contributed by atoms with van der Waals surface area (Å²) >= 11 is 1.66. The second kappa shape index (κ2) is 6.88. The van der Waals surface area contributed by atoms with Gasteiger partial charge in [0.2, 0.25) is 5.84 Å². The molecule has 0 saturated carbocycles. The van der Waals surface area contributed by atoms with Crippen molar-refractivity contribution in [2.75, 3.05) is 11.6 Å². The van der Waals surface area contributed by atoms with Crippen molar-refractivity contribution in [2.45, 2.75) is 39.4 Å². The molecule has 0 aliphatic carbocycles. The molecule has 1 atom stereocenters. The topological polar surface area (TPSA) is 45.1 Å². The first-order chi connectivity index (χ1) is 11.9. The fraction of sp³-hybridized carbons (Fsp3) is 0.368. The van der Waals surface area contributed by atoms with Crippen LogP contribution in [0.25, 0.3) is 0 Å². The number of amidine groups is 1. The molecule has 0 unspecified atom stereocenters. The number of thiophene rings is 1. The van der Waals surface area contributed by atoms with Gasteiger partial charge in [-0.25, -0.2) is 9.80 Å². The molecule has 0 saturated heterocycles. The minimum atomic E-state index is -0.391. The summed E-state index contributed by atoms with van der Waals surface area (Å²) in [4.78, 5) is 15.7. The second-order valence-corrected chi connectivity index (χ2v) is 7.73. The molecule has 132 valence electrons. The molecule has 0 amide bonds. The van der Waals surface area contributed by atoms with Gasteiger partial charge in [0.1, 0.15) is 0 Å². The quantitative estimate of drug-likeness (QED) is 0.768. The van der Waals surface area contributed by atoms with E-state index in [1.165, 1.54) is 0 Å². The van der Waals surface area contributed by atoms with E-state index in [0.717, 1.165) is 10.6 Å². The Hall–Kier alpha value is -2.34. The van der Waals surface area contributed by atoms with Crippen LogP contribution in [0.15, 0.2) is 52.9 Å². The lowest BCUT2D eigenvalue weighted by Gasteiger charge is -2.39. The smallest absolute Gasteiger partial charge is 0.376 e. The first-order valence-corrected chi connectivity index (χ1v) is 9.24. The molecule has 2 aromatic rings. The number of hydrogen-bond donors (Lipinski definition) is 0. The number of carbonyl (C=O) groups excluding carboxylic acids is 1. The van der Waals surface area contributed by atoms with Gasteiger partial charge in [-0.15, -0.1) is 16.4 Å². The van der Waals surface area contributed by atoms with Crippen molar-refractivity contribution < 1.29 is 9.53 Å². The molecule has 1 aliphatic heterocycles. The van der Waals surface area contributed by atoms with Crippen LogP contribution in [0.5, 0.6) is 0 Å². The Labute approximate surface area is 152 Å². The highest BCUT2D eigenvalue weighted by Crippen LogP contribution is 2.41. The number of hydrazone groups is 1. The molecule has 0 spiro atoms. The molecule has 0 bridgehead atoms. The predicted octanol–water partition coefficient (Wildman–Crippen LogP) is 4.24. The van der Waals surface area contributed by atoms with Crippen molar-refractivity contribution in [1.29, 1.82) is 0 Å². The Morgan fingerprint density at radius 3 is 2.48 bits per heavy atom. The van der Waals surface area contributed by atoms with Crippen LogP contribution in [0.3, 0.4) is 0 Å². The van der Waals surface area contributed by atoms with E-state index in [1.807, 2.05) is 51.7 Å². The highest BCUT2D eigenvalue weighted by Gasteiger charge is 2.45. The lowest BCUT2D eigenvalue weighted by Crippen LogP contribution is -2.49. The zero-order valence-corrected chi connectivity index (χ0v) is 15.8. The van der Waals surface area contributed by atoms with Crippen molar-refractivity contribution in [2.24, 2.45) is 5.10 Å². The molecule has 0 N–H and O–H groups in total. The van der Waals surface area contributed by atoms with Gasteiger partial charge in [-0.2, -0.15) is 0 Å². The molecule has 5 nitrogen and oxygen atoms in total. The highest BCUT2D eigenvalue weighted by molar-refractivity contribution is 7.10. The minimum Gasteiger partial charge on any atom is -0.460 e. The third-order valence-electron chi connectivity index (χ3n) is 3.91. The van der Waals surface area contributed by atoms with Gasteiger partial charge in [-0.05, 0) is 51.3 Å². The Kier molecular flexibility index (Phi) is 4.81. The molecule has 3 rings (SSSR count). The van der Waals surface area contributed by atoms with Gasteiger partial charge < -0.3 is 9.64 Å². The third kappa shape index (κ3) is 3.39. The first kappa shape index (κ1) is 17.5. The number of esters is 1. The molecule has 1 aromatic heterocycles. The van der Waals surface area contributed by atoms with Crippen LogP contribution in [0.4, 0.5) is 5.69 Å². The van der Waals surface area contributed by atoms with Crippen LogP contribution in [-0.2, 0) is 9.53 Å². The number of carbonyl (C=O) groups is 1. The molecule has 1 aromatic carbocycles. The van der Waals surface area contributed by atoms with Crippen LogP contribution in [0.2, 0.25) is 0 Å². The number of anilines is 1. The maximum Gasteiger partial charge on any atom is 0.376 e. The molecule has 1 aliphatic rings. The number of hydrogen-bond acceptors (Lipinski definition) is 6. The summed E-state index contributed by atoms with van der Waals surface area (Å²) in [6.45, 7) is 8.37. The zero-order chi connectivity index (χ0) is 18.0. The fourth-order valence-electron chi connectivity index (χ4n) is 2.92. The van der Waals surface area contributed by atoms with Crippen LogP contribution >= 0.6 is 11.3 Å². The van der Waals surface area contributed by atoms with E-state index in [9.17, 15) is 4.79 Å². The molecule has 25 heavy (non-hydrogen) atoms. The van der Waals surface area contributed by atoms with Crippen molar-refractivity contribution in [3.8, 4) is 0 Å². The van der Waals surface area contributed by atoms with E-state index in [2.05, 4.69) is 31.9 Å². The SMILES string of the molecule is CCOC(=O)C1=NN(c2ccccc2)[C@@H](c2cccs2)N1C(C)(C)C. The van der Waals surface area contributed by atoms with Crippen molar-refractivity contribution in [1.82, 2.24) is 4.90 Å². The zero-order valence-electron chi connectivity index (χ0n) is 15.0. The van der Waals surface area contributed by atoms with Crippen LogP contribution < -0.4 is 5.01 Å². The summed E-state index contributed by atoms with van der Waals surface area (Å²) in [5.41, 5.74) is 0.638. The van der Waals surface area contributed by atoms with E-state index in [4.69, 9.17) is 4.74 Å². The maximum absolute atomic E-state index is 12.6. The maximum atomic E-state index is 12.6. The third-order valence-corrected chi connectivity index (χ3v) is 4.82. The van der Waals surface area contributed by atoms with Crippen LogP contribution in [0.1, 0.15) is 38.7 Å². The minimum absolute atomic E-state index is 0.179. The fourth-order valence-corrected chi connectivity index (χ4v) is 3.71. The van der Waals surface area contributed by atoms with E-state index in [0.29, 0.717) is 12.4 Å². The number of benzene rings is 1. The van der Waals surface area contributed by atoms with Crippen LogP contribution in [0, 0.1) is 0 Å². The number of rotatable bonds is 4. The van der Waals surface area contributed by atoms with Gasteiger partial charge in [0.05, 0.1) is 12.3 Å². The average Bonchev–Trinajstić information content (AvgIpc) is 3.22. The van der Waals surface area contributed by atoms with E-state index in [-0.39, 0.29) is 11.7 Å². The lowest BCUT2D eigenvalue weighted by atomic mass is 10.0. The van der Waals surface area contributed by atoms with Crippen molar-refractivity contribution in [3.05, 3.63) is 52.7 Å². The summed E-state index contributed by atoms with van der Waals surface area (Å²) in [5, 5.41) is 8.62. The molecule has 6 heteroatoms. The lowest BCUT2D eigenvalue weighted by molar-refractivity contribution is -0.136. The Bertz CT molecular complexity index is 751. The standard InChI is InChI=1S/C19H23N3O2S/c1-5-24-18(23)16-20-22(14-10-7-6-8-11-14)17(15-12-9-13-25-15)21(16)19(2,3)4/h6-13,17H,5H2,1-4H3/t17-/m0/s1. The van der Waals surface area contributed by atoms with E-state index in [1.54, 1.807) is 18.3 Å². The summed E-state index contributed by atoms with van der Waals surface area (Å²) in [7, 11) is 0. The molecular weight excluding hydrogens is 334 g/mol. The summed E-state index contributed by atoms with van der Waals surface area (Å²) in [6.07, 6.45) is -0.179. The van der Waals surface area contributed by atoms with Gasteiger partial charge in [-0.3, -0.25) is 0 Å². The Morgan fingerprint density at radius 1 is 1.20 bits per heavy atom. The predicted molar refractivity (Wildman–Crippen MR) is 102 cm³/mol. The van der Waals surface area contributed by atoms with Gasteiger partial charge in [-0.1, -0.05) is 24.3 Å². The van der Waals surface area contributed by atoms with Gasteiger partial charge >= 0.3 is 5.97 Å². The normalized spacial score (nSPS) is 17.6. The Morgan fingerprint density at radius 2 is 1.92 bits per heavy atom.